The lowest BCUT2D eigenvalue weighted by molar-refractivity contribution is -0.117. The Kier molecular flexibility index (Phi) is 5.47. The molecule has 0 aromatic heterocycles. The molecule has 0 saturated carbocycles. The Morgan fingerprint density at radius 2 is 2.18 bits per heavy atom. The molecule has 0 aliphatic carbocycles. The van der Waals surface area contributed by atoms with Gasteiger partial charge in [0.05, 0.1) is 0 Å². The van der Waals surface area contributed by atoms with E-state index in [1.807, 2.05) is 0 Å². The zero-order valence-corrected chi connectivity index (χ0v) is 7.02. The first-order valence-electron chi connectivity index (χ1n) is 3.82. The highest BCUT2D eigenvalue weighted by molar-refractivity contribution is 5.91. The van der Waals surface area contributed by atoms with Gasteiger partial charge < -0.3 is 11.1 Å². The van der Waals surface area contributed by atoms with Crippen LogP contribution in [0.25, 0.3) is 0 Å². The molecule has 0 atom stereocenters. The summed E-state index contributed by atoms with van der Waals surface area (Å²) in [5, 5.41) is 2.72. The van der Waals surface area contributed by atoms with Crippen molar-refractivity contribution in [3.8, 4) is 0 Å². The fourth-order valence-corrected chi connectivity index (χ4v) is 0.622. The Bertz CT molecular complexity index is 143. The summed E-state index contributed by atoms with van der Waals surface area (Å²) in [6.07, 6.45) is 1.89. The van der Waals surface area contributed by atoms with E-state index in [-0.39, 0.29) is 5.91 Å². The third kappa shape index (κ3) is 5.61. The van der Waals surface area contributed by atoms with E-state index >= 15 is 0 Å². The monoisotopic (exact) mass is 156 g/mol. The van der Waals surface area contributed by atoms with Gasteiger partial charge in [-0.3, -0.25) is 4.79 Å². The summed E-state index contributed by atoms with van der Waals surface area (Å²) in [5.41, 5.74) is 5.83. The number of nitrogens with two attached hydrogens (primary N) is 1. The Morgan fingerprint density at radius 3 is 2.64 bits per heavy atom. The lowest BCUT2D eigenvalue weighted by atomic mass is 10.3. The lowest BCUT2D eigenvalue weighted by Gasteiger charge is -2.02. The van der Waals surface area contributed by atoms with E-state index in [9.17, 15) is 4.79 Å². The number of carbonyl (C=O) groups excluding carboxylic acids is 1. The maximum absolute atomic E-state index is 10.9. The molecule has 0 radical (unpaired) electrons. The van der Waals surface area contributed by atoms with Gasteiger partial charge in [0.2, 0.25) is 5.91 Å². The van der Waals surface area contributed by atoms with Crippen LogP contribution in [0.4, 0.5) is 0 Å². The van der Waals surface area contributed by atoms with Crippen LogP contribution in [-0.2, 0) is 4.79 Å². The van der Waals surface area contributed by atoms with Crippen molar-refractivity contribution < 1.29 is 4.79 Å². The molecule has 0 spiro atoms. The van der Waals surface area contributed by atoms with Crippen molar-refractivity contribution in [2.75, 3.05) is 13.1 Å². The molecule has 0 bridgehead atoms. The largest absolute Gasteiger partial charge is 0.352 e. The molecule has 11 heavy (non-hydrogen) atoms. The van der Waals surface area contributed by atoms with Crippen LogP contribution in [0.3, 0.4) is 0 Å². The van der Waals surface area contributed by atoms with Crippen molar-refractivity contribution in [3.63, 3.8) is 0 Å². The van der Waals surface area contributed by atoms with Crippen LogP contribution in [0.2, 0.25) is 0 Å². The van der Waals surface area contributed by atoms with Crippen molar-refractivity contribution >= 4 is 5.91 Å². The second-order valence-electron chi connectivity index (χ2n) is 2.53. The minimum atomic E-state index is -0.0676. The van der Waals surface area contributed by atoms with Crippen LogP contribution in [0.5, 0.6) is 0 Å². The Balaban J connectivity index is 3.25. The fraction of sp³-hybridized carbons (Fsp3) is 0.625. The molecule has 0 unspecified atom stereocenters. The fourth-order valence-electron chi connectivity index (χ4n) is 0.622. The van der Waals surface area contributed by atoms with Crippen LogP contribution in [0, 0.1) is 0 Å². The number of hydrogen-bond acceptors (Lipinski definition) is 2. The zero-order chi connectivity index (χ0) is 8.69. The molecule has 0 aromatic rings. The number of nitrogens with one attached hydrogen (secondary N) is 1. The minimum absolute atomic E-state index is 0.0676. The number of amides is 1. The summed E-state index contributed by atoms with van der Waals surface area (Å²) in [6, 6.07) is 0. The molecule has 0 rings (SSSR count). The standard InChI is InChI=1S/C8H16N2O/c1-7(2)8(11)10-6-4-3-5-9/h1,3-6,9H2,2H3,(H,10,11). The van der Waals surface area contributed by atoms with Gasteiger partial charge in [-0.2, -0.15) is 0 Å². The third-order valence-electron chi connectivity index (χ3n) is 1.30. The molecular weight excluding hydrogens is 140 g/mol. The number of carbonyl (C=O) groups is 1. The molecule has 0 heterocycles. The molecule has 64 valence electrons. The first kappa shape index (κ1) is 10.2. The highest BCUT2D eigenvalue weighted by Gasteiger charge is 1.98. The van der Waals surface area contributed by atoms with Crippen molar-refractivity contribution in [2.24, 2.45) is 5.73 Å². The van der Waals surface area contributed by atoms with Crippen LogP contribution in [-0.4, -0.2) is 19.0 Å². The summed E-state index contributed by atoms with van der Waals surface area (Å²) in [7, 11) is 0. The van der Waals surface area contributed by atoms with Gasteiger partial charge in [-0.15, -0.1) is 0 Å². The van der Waals surface area contributed by atoms with Gasteiger partial charge in [-0.1, -0.05) is 6.58 Å². The third-order valence-corrected chi connectivity index (χ3v) is 1.30. The van der Waals surface area contributed by atoms with Crippen LogP contribution < -0.4 is 11.1 Å². The first-order valence-corrected chi connectivity index (χ1v) is 3.82. The van der Waals surface area contributed by atoms with Crippen molar-refractivity contribution in [1.82, 2.24) is 5.32 Å². The smallest absolute Gasteiger partial charge is 0.246 e. The molecule has 0 aliphatic rings. The predicted molar refractivity (Wildman–Crippen MR) is 46.1 cm³/mol. The molecular formula is C8H16N2O. The number of rotatable bonds is 5. The van der Waals surface area contributed by atoms with E-state index in [0.717, 1.165) is 12.8 Å². The predicted octanol–water partition coefficient (Wildman–Crippen LogP) is 0.418. The zero-order valence-electron chi connectivity index (χ0n) is 7.02. The van der Waals surface area contributed by atoms with Gasteiger partial charge in [-0.05, 0) is 26.3 Å². The van der Waals surface area contributed by atoms with Crippen LogP contribution >= 0.6 is 0 Å². The number of unbranched alkanes of at least 4 members (excludes halogenated alkanes) is 1. The Morgan fingerprint density at radius 1 is 1.55 bits per heavy atom. The van der Waals surface area contributed by atoms with Crippen molar-refractivity contribution in [1.29, 1.82) is 0 Å². The Labute approximate surface area is 67.7 Å². The second kappa shape index (κ2) is 5.92. The quantitative estimate of drug-likeness (QED) is 0.447. The van der Waals surface area contributed by atoms with Gasteiger partial charge >= 0.3 is 0 Å². The summed E-state index contributed by atoms with van der Waals surface area (Å²) >= 11 is 0. The van der Waals surface area contributed by atoms with Gasteiger partial charge in [0, 0.05) is 12.1 Å². The highest BCUT2D eigenvalue weighted by atomic mass is 16.1. The number of hydrogen-bond donors (Lipinski definition) is 2. The highest BCUT2D eigenvalue weighted by Crippen LogP contribution is 1.87. The molecule has 0 aliphatic heterocycles. The van der Waals surface area contributed by atoms with Crippen molar-refractivity contribution in [3.05, 3.63) is 12.2 Å². The van der Waals surface area contributed by atoms with E-state index in [0.29, 0.717) is 18.7 Å². The van der Waals surface area contributed by atoms with Gasteiger partial charge in [0.15, 0.2) is 0 Å². The molecule has 3 N–H and O–H groups in total. The van der Waals surface area contributed by atoms with Gasteiger partial charge in [-0.25, -0.2) is 0 Å². The average Bonchev–Trinajstić information content (AvgIpc) is 1.97. The summed E-state index contributed by atoms with van der Waals surface area (Å²) < 4.78 is 0. The molecule has 3 nitrogen and oxygen atoms in total. The normalized spacial score (nSPS) is 9.27. The molecule has 3 heteroatoms. The van der Waals surface area contributed by atoms with Crippen LogP contribution in [0.1, 0.15) is 19.8 Å². The van der Waals surface area contributed by atoms with Gasteiger partial charge in [0.25, 0.3) is 0 Å². The second-order valence-corrected chi connectivity index (χ2v) is 2.53. The average molecular weight is 156 g/mol. The first-order chi connectivity index (χ1) is 5.18. The van der Waals surface area contributed by atoms with Gasteiger partial charge in [0.1, 0.15) is 0 Å². The molecule has 0 fully saturated rings. The maximum atomic E-state index is 10.9. The Hall–Kier alpha value is -0.830. The van der Waals surface area contributed by atoms with E-state index in [1.54, 1.807) is 6.92 Å². The SMILES string of the molecule is C=C(C)C(=O)NCCCCN. The molecule has 0 aromatic carbocycles. The summed E-state index contributed by atoms with van der Waals surface area (Å²) in [6.45, 7) is 6.59. The topological polar surface area (TPSA) is 55.1 Å². The minimum Gasteiger partial charge on any atom is -0.352 e. The maximum Gasteiger partial charge on any atom is 0.246 e. The summed E-state index contributed by atoms with van der Waals surface area (Å²) in [4.78, 5) is 10.9. The van der Waals surface area contributed by atoms with Crippen LogP contribution in [0.15, 0.2) is 12.2 Å². The molecule has 0 saturated heterocycles. The van der Waals surface area contributed by atoms with E-state index in [4.69, 9.17) is 5.73 Å². The molecule has 1 amide bonds. The van der Waals surface area contributed by atoms with E-state index < -0.39 is 0 Å². The van der Waals surface area contributed by atoms with E-state index in [1.165, 1.54) is 0 Å². The summed E-state index contributed by atoms with van der Waals surface area (Å²) in [5.74, 6) is -0.0676. The van der Waals surface area contributed by atoms with E-state index in [2.05, 4.69) is 11.9 Å². The van der Waals surface area contributed by atoms with Crippen molar-refractivity contribution in [2.45, 2.75) is 19.8 Å². The lowest BCUT2D eigenvalue weighted by Crippen LogP contribution is -2.25.